The summed E-state index contributed by atoms with van der Waals surface area (Å²) < 4.78 is 165. The Labute approximate surface area is 181 Å². The van der Waals surface area contributed by atoms with Gasteiger partial charge in [-0.3, -0.25) is 0 Å². The van der Waals surface area contributed by atoms with Crippen LogP contribution in [0.2, 0.25) is 0 Å². The molecule has 1 aliphatic rings. The molecule has 0 saturated heterocycles. The fourth-order valence-corrected chi connectivity index (χ4v) is 7.85. The highest BCUT2D eigenvalue weighted by Crippen LogP contribution is 2.40. The average Bonchev–Trinajstić information content (AvgIpc) is 2.62. The van der Waals surface area contributed by atoms with E-state index >= 15 is 0 Å². The number of allylic oxidation sites excluding steroid dienone is 1. The fourth-order valence-electron chi connectivity index (χ4n) is 3.08. The zero-order valence-electron chi connectivity index (χ0n) is 16.2. The first kappa shape index (κ1) is 27.2. The predicted octanol–water partition coefficient (Wildman–Crippen LogP) is 3.53. The molecule has 2 rings (SSSR count). The zero-order valence-corrected chi connectivity index (χ0v) is 17.9. The maximum absolute atomic E-state index is 13.4. The van der Waals surface area contributed by atoms with Crippen LogP contribution in [0.5, 0.6) is 0 Å². The molecule has 0 bridgehead atoms. The standard InChI is InChI=1S/C18H15F9O4S2/c19-16(20,21)7-8-32(28,29)15(13-6-5-11-3-1-2-4-12(11)9-13)33(30,31)14(18(25,26)27)10-17(22,23)24/h1-5,9,14H,6-8,10H2/b15-13+. The van der Waals surface area contributed by atoms with E-state index in [2.05, 4.69) is 0 Å². The van der Waals surface area contributed by atoms with Gasteiger partial charge in [0.25, 0.3) is 0 Å². The SMILES string of the molecule is O=S(=O)(CCC(F)(F)F)/C(=C1\C=c2ccccc2=CC1)S(=O)(=O)C(CC(F)(F)F)C(F)(F)F. The van der Waals surface area contributed by atoms with E-state index in [9.17, 15) is 56.3 Å². The first-order valence-corrected chi connectivity index (χ1v) is 12.1. The van der Waals surface area contributed by atoms with Crippen LogP contribution in [-0.2, 0) is 19.7 Å². The van der Waals surface area contributed by atoms with Crippen molar-refractivity contribution in [1.29, 1.82) is 0 Å². The lowest BCUT2D eigenvalue weighted by atomic mass is 10.0. The maximum atomic E-state index is 13.4. The molecule has 15 heteroatoms. The Morgan fingerprint density at radius 1 is 0.848 bits per heavy atom. The van der Waals surface area contributed by atoms with Crippen LogP contribution in [0.15, 0.2) is 34.1 Å². The molecule has 0 saturated carbocycles. The van der Waals surface area contributed by atoms with E-state index in [4.69, 9.17) is 0 Å². The highest BCUT2D eigenvalue weighted by molar-refractivity contribution is 8.14. The third-order valence-corrected chi connectivity index (χ3v) is 9.47. The Balaban J connectivity index is 2.84. The van der Waals surface area contributed by atoms with Crippen LogP contribution in [-0.4, -0.2) is 46.4 Å². The minimum atomic E-state index is -6.35. The Morgan fingerprint density at radius 2 is 1.39 bits per heavy atom. The van der Waals surface area contributed by atoms with E-state index in [-0.39, 0.29) is 5.22 Å². The highest BCUT2D eigenvalue weighted by atomic mass is 32.3. The highest BCUT2D eigenvalue weighted by Gasteiger charge is 2.57. The van der Waals surface area contributed by atoms with Crippen LogP contribution in [0, 0.1) is 0 Å². The van der Waals surface area contributed by atoms with E-state index in [1.807, 2.05) is 0 Å². The van der Waals surface area contributed by atoms with Crippen molar-refractivity contribution in [2.24, 2.45) is 0 Å². The number of fused-ring (bicyclic) bond motifs is 1. The van der Waals surface area contributed by atoms with Gasteiger partial charge in [0.2, 0.25) is 9.84 Å². The molecule has 1 aromatic carbocycles. The molecule has 1 atom stereocenters. The Kier molecular flexibility index (Phi) is 7.39. The van der Waals surface area contributed by atoms with Crippen LogP contribution in [0.3, 0.4) is 0 Å². The van der Waals surface area contributed by atoms with Gasteiger partial charge in [0.05, 0.1) is 18.6 Å². The van der Waals surface area contributed by atoms with Crippen molar-refractivity contribution < 1.29 is 56.3 Å². The first-order valence-electron chi connectivity index (χ1n) is 8.91. The van der Waals surface area contributed by atoms with Gasteiger partial charge in [-0.05, 0) is 28.5 Å². The number of rotatable bonds is 6. The molecule has 0 amide bonds. The average molecular weight is 530 g/mol. The molecule has 0 aliphatic heterocycles. The largest absolute Gasteiger partial charge is 0.406 e. The van der Waals surface area contributed by atoms with E-state index in [0.29, 0.717) is 5.22 Å². The number of hydrogen-bond donors (Lipinski definition) is 0. The second kappa shape index (κ2) is 8.96. The van der Waals surface area contributed by atoms with Crippen molar-refractivity contribution in [2.45, 2.75) is 43.0 Å². The van der Waals surface area contributed by atoms with E-state index in [0.717, 1.165) is 6.08 Å². The van der Waals surface area contributed by atoms with Gasteiger partial charge in [0.15, 0.2) is 19.3 Å². The van der Waals surface area contributed by atoms with Crippen molar-refractivity contribution in [2.75, 3.05) is 5.75 Å². The fraction of sp³-hybridized carbons (Fsp3) is 0.444. The summed E-state index contributed by atoms with van der Waals surface area (Å²) in [5, 5.41) is -3.69. The minimum Gasteiger partial charge on any atom is -0.223 e. The van der Waals surface area contributed by atoms with Crippen molar-refractivity contribution in [3.05, 3.63) is 44.5 Å². The van der Waals surface area contributed by atoms with Crippen LogP contribution >= 0.6 is 0 Å². The number of sulfone groups is 2. The molecule has 33 heavy (non-hydrogen) atoms. The molecule has 0 aromatic heterocycles. The van der Waals surface area contributed by atoms with Crippen LogP contribution < -0.4 is 10.4 Å². The molecule has 0 fully saturated rings. The first-order chi connectivity index (χ1) is 14.7. The molecule has 0 radical (unpaired) electrons. The second-order valence-corrected chi connectivity index (χ2v) is 11.4. The molecule has 1 aromatic rings. The second-order valence-electron chi connectivity index (χ2n) is 7.07. The topological polar surface area (TPSA) is 68.3 Å². The Morgan fingerprint density at radius 3 is 1.88 bits per heavy atom. The lowest BCUT2D eigenvalue weighted by Gasteiger charge is -2.24. The number of alkyl halides is 9. The maximum Gasteiger partial charge on any atom is 0.406 e. The van der Waals surface area contributed by atoms with Crippen LogP contribution in [0.1, 0.15) is 19.3 Å². The molecule has 1 unspecified atom stereocenters. The third kappa shape index (κ3) is 6.98. The molecule has 1 aliphatic carbocycles. The molecule has 186 valence electrons. The summed E-state index contributed by atoms with van der Waals surface area (Å²) in [5.74, 6) is -1.96. The Hall–Kier alpha value is -2.03. The summed E-state index contributed by atoms with van der Waals surface area (Å²) in [4.78, 5) is 0. The lowest BCUT2D eigenvalue weighted by molar-refractivity contribution is -0.179. The van der Waals surface area contributed by atoms with Gasteiger partial charge in [0, 0.05) is 0 Å². The third-order valence-electron chi connectivity index (χ3n) is 4.48. The molecule has 0 N–H and O–H groups in total. The summed E-state index contributed by atoms with van der Waals surface area (Å²) in [5.41, 5.74) is -0.854. The number of halogens is 9. The van der Waals surface area contributed by atoms with Crippen molar-refractivity contribution >= 4 is 31.8 Å². The normalized spacial score (nSPS) is 18.1. The van der Waals surface area contributed by atoms with Gasteiger partial charge in [-0.1, -0.05) is 30.3 Å². The van der Waals surface area contributed by atoms with Crippen LogP contribution in [0.25, 0.3) is 12.2 Å². The molecule has 0 heterocycles. The van der Waals surface area contributed by atoms with Gasteiger partial charge < -0.3 is 0 Å². The monoisotopic (exact) mass is 530 g/mol. The molecular formula is C18H15F9O4S2. The summed E-state index contributed by atoms with van der Waals surface area (Å²) in [6.07, 6.45) is -20.6. The van der Waals surface area contributed by atoms with Gasteiger partial charge in [-0.2, -0.15) is 39.5 Å². The molecule has 4 nitrogen and oxygen atoms in total. The van der Waals surface area contributed by atoms with Crippen molar-refractivity contribution in [3.63, 3.8) is 0 Å². The Bertz CT molecular complexity index is 1250. The van der Waals surface area contributed by atoms with Gasteiger partial charge in [0.1, 0.15) is 0 Å². The number of benzene rings is 1. The summed E-state index contributed by atoms with van der Waals surface area (Å²) in [6, 6.07) is 5.73. The van der Waals surface area contributed by atoms with Gasteiger partial charge in [-0.25, -0.2) is 16.8 Å². The predicted molar refractivity (Wildman–Crippen MR) is 100 cm³/mol. The van der Waals surface area contributed by atoms with Crippen molar-refractivity contribution in [1.82, 2.24) is 0 Å². The van der Waals surface area contributed by atoms with E-state index in [1.54, 1.807) is 0 Å². The van der Waals surface area contributed by atoms with Crippen LogP contribution in [0.4, 0.5) is 39.5 Å². The smallest absolute Gasteiger partial charge is 0.223 e. The van der Waals surface area contributed by atoms with E-state index in [1.165, 1.54) is 30.3 Å². The van der Waals surface area contributed by atoms with Gasteiger partial charge >= 0.3 is 18.5 Å². The van der Waals surface area contributed by atoms with E-state index < -0.39 is 78.3 Å². The zero-order chi connectivity index (χ0) is 25.5. The quantitative estimate of drug-likeness (QED) is 0.528. The summed E-state index contributed by atoms with van der Waals surface area (Å²) in [6.45, 7) is 0. The minimum absolute atomic E-state index is 0.122. The van der Waals surface area contributed by atoms with Crippen molar-refractivity contribution in [3.8, 4) is 0 Å². The molecule has 0 spiro atoms. The number of hydrogen-bond acceptors (Lipinski definition) is 4. The summed E-state index contributed by atoms with van der Waals surface area (Å²) in [7, 11) is -12.0. The lowest BCUT2D eigenvalue weighted by Crippen LogP contribution is -2.42. The summed E-state index contributed by atoms with van der Waals surface area (Å²) >= 11 is 0. The molecular weight excluding hydrogens is 515 g/mol. The van der Waals surface area contributed by atoms with Gasteiger partial charge in [-0.15, -0.1) is 0 Å².